The van der Waals surface area contributed by atoms with Gasteiger partial charge in [-0.2, -0.15) is 5.01 Å². The lowest BCUT2D eigenvalue weighted by Gasteiger charge is -2.17. The van der Waals surface area contributed by atoms with E-state index in [0.717, 1.165) is 5.01 Å². The van der Waals surface area contributed by atoms with Gasteiger partial charge in [-0.3, -0.25) is 24.8 Å². The maximum absolute atomic E-state index is 12.3. The zero-order valence-electron chi connectivity index (χ0n) is 11.0. The maximum atomic E-state index is 12.3. The molecule has 0 bridgehead atoms. The highest BCUT2D eigenvalue weighted by atomic mass is 35.5. The molecule has 21 heavy (non-hydrogen) atoms. The van der Waals surface area contributed by atoms with Crippen LogP contribution in [0.4, 0.5) is 0 Å². The Morgan fingerprint density at radius 2 is 1.90 bits per heavy atom. The molecule has 0 spiro atoms. The second-order valence-corrected chi connectivity index (χ2v) is 5.48. The summed E-state index contributed by atoms with van der Waals surface area (Å²) in [5.74, 6) is -2.21. The van der Waals surface area contributed by atoms with Crippen LogP contribution in [0.3, 0.4) is 0 Å². The first-order chi connectivity index (χ1) is 10.1. The molecular weight excluding hydrogens is 294 g/mol. The number of imide groups is 1. The minimum atomic E-state index is -0.517. The summed E-state index contributed by atoms with van der Waals surface area (Å²) in [6, 6.07) is 3.01. The van der Waals surface area contributed by atoms with Crippen molar-refractivity contribution in [3.05, 3.63) is 41.2 Å². The summed E-state index contributed by atoms with van der Waals surface area (Å²) in [4.78, 5) is 40.3. The summed E-state index contributed by atoms with van der Waals surface area (Å²) in [5.41, 5.74) is 2.70. The van der Waals surface area contributed by atoms with Gasteiger partial charge in [0.2, 0.25) is 0 Å². The fourth-order valence-electron chi connectivity index (χ4n) is 2.61. The van der Waals surface area contributed by atoms with E-state index in [1.807, 2.05) is 0 Å². The molecule has 1 aliphatic heterocycles. The Kier molecular flexibility index (Phi) is 3.47. The van der Waals surface area contributed by atoms with Crippen molar-refractivity contribution in [3.63, 3.8) is 0 Å². The summed E-state index contributed by atoms with van der Waals surface area (Å²) < 4.78 is 0. The van der Waals surface area contributed by atoms with Crippen molar-refractivity contribution in [3.8, 4) is 0 Å². The Morgan fingerprint density at radius 1 is 1.24 bits per heavy atom. The molecule has 108 valence electrons. The van der Waals surface area contributed by atoms with Gasteiger partial charge in [0.05, 0.1) is 11.8 Å². The number of hydrogen-bond donors (Lipinski definition) is 1. The lowest BCUT2D eigenvalue weighted by Crippen LogP contribution is -2.46. The van der Waals surface area contributed by atoms with E-state index < -0.39 is 23.7 Å². The number of nitrogens with one attached hydrogen (secondary N) is 1. The summed E-state index contributed by atoms with van der Waals surface area (Å²) in [5, 5.41) is 1.40. The number of carbonyl (C=O) groups is 3. The van der Waals surface area contributed by atoms with E-state index in [4.69, 9.17) is 11.6 Å². The molecule has 1 fully saturated rings. The smallest absolute Gasteiger partial charge is 0.270 e. The van der Waals surface area contributed by atoms with Crippen molar-refractivity contribution in [2.24, 2.45) is 11.8 Å². The number of halogens is 1. The highest BCUT2D eigenvalue weighted by molar-refractivity contribution is 6.30. The number of pyridine rings is 1. The molecule has 0 radical (unpaired) electrons. The van der Waals surface area contributed by atoms with Crippen LogP contribution >= 0.6 is 11.6 Å². The van der Waals surface area contributed by atoms with E-state index in [2.05, 4.69) is 10.4 Å². The largest absolute Gasteiger partial charge is 0.272 e. The number of carbonyl (C=O) groups excluding carboxylic acids is 3. The van der Waals surface area contributed by atoms with Gasteiger partial charge in [0, 0.05) is 23.0 Å². The van der Waals surface area contributed by atoms with Gasteiger partial charge in [-0.05, 0) is 25.0 Å². The molecule has 0 unspecified atom stereocenters. The van der Waals surface area contributed by atoms with Gasteiger partial charge in [0.1, 0.15) is 0 Å². The standard InChI is InChI=1S/C14H12ClN3O3/c15-9-1-2-10-11(7-9)14(21)18(13(10)20)17-12(19)8-3-5-16-6-4-8/h1,3-6,10-11H,2,7H2,(H,17,19)/t10-,11-/m1/s1. The average molecular weight is 306 g/mol. The molecule has 0 saturated carbocycles. The predicted molar refractivity (Wildman–Crippen MR) is 73.7 cm³/mol. The van der Waals surface area contributed by atoms with Gasteiger partial charge >= 0.3 is 0 Å². The Balaban J connectivity index is 1.77. The Labute approximate surface area is 125 Å². The van der Waals surface area contributed by atoms with Gasteiger partial charge in [0.25, 0.3) is 17.7 Å². The number of rotatable bonds is 2. The molecule has 1 aromatic heterocycles. The third-order valence-electron chi connectivity index (χ3n) is 3.72. The molecule has 1 N–H and O–H groups in total. The topological polar surface area (TPSA) is 79.4 Å². The number of allylic oxidation sites excluding steroid dienone is 2. The third kappa shape index (κ3) is 2.42. The van der Waals surface area contributed by atoms with Crippen LogP contribution in [0.15, 0.2) is 35.6 Å². The highest BCUT2D eigenvalue weighted by Crippen LogP contribution is 2.38. The van der Waals surface area contributed by atoms with Crippen LogP contribution in [0.1, 0.15) is 23.2 Å². The number of nitrogens with zero attached hydrogens (tertiary/aromatic N) is 2. The van der Waals surface area contributed by atoms with Gasteiger partial charge in [0.15, 0.2) is 0 Å². The number of hydrogen-bond acceptors (Lipinski definition) is 4. The Hall–Kier alpha value is -2.21. The second-order valence-electron chi connectivity index (χ2n) is 4.99. The van der Waals surface area contributed by atoms with Crippen molar-refractivity contribution >= 4 is 29.3 Å². The molecule has 2 aliphatic rings. The first-order valence-electron chi connectivity index (χ1n) is 6.51. The summed E-state index contributed by atoms with van der Waals surface area (Å²) in [7, 11) is 0. The second kappa shape index (κ2) is 5.29. The van der Waals surface area contributed by atoms with Crippen LogP contribution in [0, 0.1) is 11.8 Å². The predicted octanol–water partition coefficient (Wildman–Crippen LogP) is 1.24. The molecule has 2 atom stereocenters. The van der Waals surface area contributed by atoms with Gasteiger partial charge in [-0.15, -0.1) is 0 Å². The molecular formula is C14H12ClN3O3. The average Bonchev–Trinajstić information content (AvgIpc) is 2.73. The molecule has 3 rings (SSSR count). The highest BCUT2D eigenvalue weighted by Gasteiger charge is 2.49. The van der Waals surface area contributed by atoms with Crippen molar-refractivity contribution in [1.29, 1.82) is 0 Å². The fraction of sp³-hybridized carbons (Fsp3) is 0.286. The van der Waals surface area contributed by atoms with E-state index in [0.29, 0.717) is 23.4 Å². The number of hydrazine groups is 1. The molecule has 1 saturated heterocycles. The number of aromatic nitrogens is 1. The number of amides is 3. The lowest BCUT2D eigenvalue weighted by molar-refractivity contribution is -0.142. The quantitative estimate of drug-likeness (QED) is 0.834. The molecule has 1 aliphatic carbocycles. The van der Waals surface area contributed by atoms with Crippen LogP contribution in [-0.4, -0.2) is 27.7 Å². The van der Waals surface area contributed by atoms with E-state index in [1.54, 1.807) is 6.08 Å². The monoisotopic (exact) mass is 305 g/mol. The zero-order chi connectivity index (χ0) is 15.0. The third-order valence-corrected chi connectivity index (χ3v) is 4.03. The van der Waals surface area contributed by atoms with E-state index in [-0.39, 0.29) is 5.91 Å². The van der Waals surface area contributed by atoms with E-state index >= 15 is 0 Å². The van der Waals surface area contributed by atoms with Crippen LogP contribution in [-0.2, 0) is 9.59 Å². The van der Waals surface area contributed by atoms with Gasteiger partial charge in [-0.25, -0.2) is 0 Å². The molecule has 7 heteroatoms. The maximum Gasteiger partial charge on any atom is 0.270 e. The lowest BCUT2D eigenvalue weighted by atomic mass is 9.85. The van der Waals surface area contributed by atoms with Crippen molar-refractivity contribution in [2.75, 3.05) is 0 Å². The Bertz CT molecular complexity index is 644. The van der Waals surface area contributed by atoms with Crippen molar-refractivity contribution < 1.29 is 14.4 Å². The van der Waals surface area contributed by atoms with Crippen molar-refractivity contribution in [2.45, 2.75) is 12.8 Å². The van der Waals surface area contributed by atoms with Crippen molar-refractivity contribution in [1.82, 2.24) is 15.4 Å². The van der Waals surface area contributed by atoms with Crippen LogP contribution in [0.5, 0.6) is 0 Å². The fourth-order valence-corrected chi connectivity index (χ4v) is 2.86. The molecule has 0 aromatic carbocycles. The molecule has 1 aromatic rings. The molecule has 3 amide bonds. The van der Waals surface area contributed by atoms with E-state index in [1.165, 1.54) is 24.5 Å². The van der Waals surface area contributed by atoms with Gasteiger partial charge in [-0.1, -0.05) is 17.7 Å². The summed E-state index contributed by atoms with van der Waals surface area (Å²) in [6.45, 7) is 0. The Morgan fingerprint density at radius 3 is 2.62 bits per heavy atom. The van der Waals surface area contributed by atoms with Crippen LogP contribution < -0.4 is 5.43 Å². The number of fused-ring (bicyclic) bond motifs is 1. The van der Waals surface area contributed by atoms with Gasteiger partial charge < -0.3 is 0 Å². The zero-order valence-corrected chi connectivity index (χ0v) is 11.7. The molecule has 6 nitrogen and oxygen atoms in total. The minimum Gasteiger partial charge on any atom is -0.272 e. The normalized spacial score (nSPS) is 24.6. The van der Waals surface area contributed by atoms with E-state index in [9.17, 15) is 14.4 Å². The first-order valence-corrected chi connectivity index (χ1v) is 6.89. The van der Waals surface area contributed by atoms with Crippen LogP contribution in [0.25, 0.3) is 0 Å². The molecule has 2 heterocycles. The van der Waals surface area contributed by atoms with Crippen LogP contribution in [0.2, 0.25) is 0 Å². The first kappa shape index (κ1) is 13.8. The summed E-state index contributed by atoms with van der Waals surface area (Å²) in [6.07, 6.45) is 5.45. The minimum absolute atomic E-state index is 0.330. The summed E-state index contributed by atoms with van der Waals surface area (Å²) >= 11 is 5.93. The SMILES string of the molecule is O=C(NN1C(=O)[C@@H]2CC=C(Cl)C[C@H]2C1=O)c1ccncc1.